The van der Waals surface area contributed by atoms with Gasteiger partial charge in [0.2, 0.25) is 0 Å². The molecule has 128 valence electrons. The third-order valence-corrected chi connectivity index (χ3v) is 4.35. The number of nitrogens with one attached hydrogen (secondary N) is 2. The zero-order valence-corrected chi connectivity index (χ0v) is 14.2. The first-order valence-corrected chi connectivity index (χ1v) is 8.35. The number of benzene rings is 1. The highest BCUT2D eigenvalue weighted by Gasteiger charge is 2.26. The minimum absolute atomic E-state index is 0.232. The molecule has 0 aromatic heterocycles. The van der Waals surface area contributed by atoms with Crippen molar-refractivity contribution in [1.29, 1.82) is 5.26 Å². The molecule has 1 saturated heterocycles. The van der Waals surface area contributed by atoms with E-state index in [-0.39, 0.29) is 6.04 Å². The van der Waals surface area contributed by atoms with E-state index in [1.165, 1.54) is 12.8 Å². The SMILES string of the molecule is CC(C)C(CNC(=O)C(=O)Nc1ccccc1C#N)N1CCCC1. The average molecular weight is 328 g/mol. The summed E-state index contributed by atoms with van der Waals surface area (Å²) < 4.78 is 0. The van der Waals surface area contributed by atoms with Crippen LogP contribution in [0.2, 0.25) is 0 Å². The first-order valence-electron chi connectivity index (χ1n) is 8.35. The third kappa shape index (κ3) is 4.56. The Morgan fingerprint density at radius 3 is 2.50 bits per heavy atom. The Kier molecular flexibility index (Phi) is 6.33. The minimum atomic E-state index is -0.748. The maximum Gasteiger partial charge on any atom is 0.313 e. The monoisotopic (exact) mass is 328 g/mol. The first kappa shape index (κ1) is 18.0. The second kappa shape index (κ2) is 8.46. The fourth-order valence-electron chi connectivity index (χ4n) is 3.01. The number of likely N-dealkylation sites (tertiary alicyclic amines) is 1. The van der Waals surface area contributed by atoms with Gasteiger partial charge in [0, 0.05) is 12.6 Å². The number of para-hydroxylation sites is 1. The van der Waals surface area contributed by atoms with Gasteiger partial charge in [-0.15, -0.1) is 0 Å². The summed E-state index contributed by atoms with van der Waals surface area (Å²) in [4.78, 5) is 26.5. The topological polar surface area (TPSA) is 85.2 Å². The molecule has 0 spiro atoms. The number of carbonyl (C=O) groups excluding carboxylic acids is 2. The van der Waals surface area contributed by atoms with Gasteiger partial charge < -0.3 is 10.6 Å². The Bertz CT molecular complexity index is 630. The van der Waals surface area contributed by atoms with Gasteiger partial charge in [-0.25, -0.2) is 0 Å². The Balaban J connectivity index is 1.91. The molecule has 1 aliphatic rings. The molecule has 1 aliphatic heterocycles. The van der Waals surface area contributed by atoms with Gasteiger partial charge in [0.25, 0.3) is 0 Å². The molecule has 1 unspecified atom stereocenters. The van der Waals surface area contributed by atoms with Gasteiger partial charge in [-0.3, -0.25) is 14.5 Å². The predicted molar refractivity (Wildman–Crippen MR) is 92.2 cm³/mol. The highest BCUT2D eigenvalue weighted by atomic mass is 16.2. The number of nitriles is 1. The van der Waals surface area contributed by atoms with Gasteiger partial charge in [0.15, 0.2) is 0 Å². The quantitative estimate of drug-likeness (QED) is 0.806. The molecule has 0 radical (unpaired) electrons. The van der Waals surface area contributed by atoms with Crippen LogP contribution in [0.5, 0.6) is 0 Å². The van der Waals surface area contributed by atoms with E-state index >= 15 is 0 Å². The van der Waals surface area contributed by atoms with Crippen molar-refractivity contribution < 1.29 is 9.59 Å². The van der Waals surface area contributed by atoms with Crippen molar-refractivity contribution in [1.82, 2.24) is 10.2 Å². The Morgan fingerprint density at radius 2 is 1.88 bits per heavy atom. The van der Waals surface area contributed by atoms with Crippen molar-refractivity contribution >= 4 is 17.5 Å². The van der Waals surface area contributed by atoms with E-state index in [0.29, 0.717) is 23.7 Å². The highest BCUT2D eigenvalue weighted by molar-refractivity contribution is 6.39. The van der Waals surface area contributed by atoms with Gasteiger partial charge in [-0.1, -0.05) is 26.0 Å². The van der Waals surface area contributed by atoms with E-state index in [2.05, 4.69) is 29.4 Å². The molecule has 6 heteroatoms. The van der Waals surface area contributed by atoms with E-state index in [1.54, 1.807) is 24.3 Å². The van der Waals surface area contributed by atoms with Crippen molar-refractivity contribution in [3.05, 3.63) is 29.8 Å². The van der Waals surface area contributed by atoms with Crippen molar-refractivity contribution in [2.75, 3.05) is 25.0 Å². The van der Waals surface area contributed by atoms with Crippen LogP contribution in [-0.4, -0.2) is 42.4 Å². The number of amides is 2. The summed E-state index contributed by atoms with van der Waals surface area (Å²) in [6.45, 7) is 6.78. The molecule has 24 heavy (non-hydrogen) atoms. The van der Waals surface area contributed by atoms with Crippen LogP contribution < -0.4 is 10.6 Å². The number of hydrogen-bond donors (Lipinski definition) is 2. The molecule has 2 N–H and O–H groups in total. The normalized spacial score (nSPS) is 15.8. The van der Waals surface area contributed by atoms with Crippen LogP contribution >= 0.6 is 0 Å². The van der Waals surface area contributed by atoms with Gasteiger partial charge in [0.1, 0.15) is 6.07 Å². The van der Waals surface area contributed by atoms with Crippen LogP contribution in [0.1, 0.15) is 32.3 Å². The summed E-state index contributed by atoms with van der Waals surface area (Å²) in [5.74, 6) is -1.03. The van der Waals surface area contributed by atoms with Gasteiger partial charge in [0.05, 0.1) is 11.3 Å². The lowest BCUT2D eigenvalue weighted by Gasteiger charge is -2.30. The van der Waals surface area contributed by atoms with Crippen LogP contribution in [-0.2, 0) is 9.59 Å². The van der Waals surface area contributed by atoms with Crippen molar-refractivity contribution in [3.8, 4) is 6.07 Å². The van der Waals surface area contributed by atoms with Gasteiger partial charge >= 0.3 is 11.8 Å². The summed E-state index contributed by atoms with van der Waals surface area (Å²) in [5, 5.41) is 14.2. The average Bonchev–Trinajstić information content (AvgIpc) is 3.09. The summed E-state index contributed by atoms with van der Waals surface area (Å²) >= 11 is 0. The van der Waals surface area contributed by atoms with E-state index in [0.717, 1.165) is 13.1 Å². The van der Waals surface area contributed by atoms with E-state index < -0.39 is 11.8 Å². The van der Waals surface area contributed by atoms with Crippen LogP contribution in [0.4, 0.5) is 5.69 Å². The number of rotatable bonds is 5. The van der Waals surface area contributed by atoms with Crippen LogP contribution in [0.25, 0.3) is 0 Å². The fourth-order valence-corrected chi connectivity index (χ4v) is 3.01. The molecule has 2 rings (SSSR count). The van der Waals surface area contributed by atoms with Crippen LogP contribution in [0.15, 0.2) is 24.3 Å². The highest BCUT2D eigenvalue weighted by Crippen LogP contribution is 2.17. The fraction of sp³-hybridized carbons (Fsp3) is 0.500. The Labute approximate surface area is 142 Å². The number of carbonyl (C=O) groups is 2. The summed E-state index contributed by atoms with van der Waals surface area (Å²) in [6, 6.07) is 8.83. The van der Waals surface area contributed by atoms with E-state index in [9.17, 15) is 9.59 Å². The zero-order chi connectivity index (χ0) is 17.5. The van der Waals surface area contributed by atoms with Crippen molar-refractivity contribution in [2.24, 2.45) is 5.92 Å². The van der Waals surface area contributed by atoms with E-state index in [4.69, 9.17) is 5.26 Å². The molecule has 0 aliphatic carbocycles. The molecular weight excluding hydrogens is 304 g/mol. The summed E-state index contributed by atoms with van der Waals surface area (Å²) in [7, 11) is 0. The summed E-state index contributed by atoms with van der Waals surface area (Å²) in [5.41, 5.74) is 0.677. The number of anilines is 1. The third-order valence-electron chi connectivity index (χ3n) is 4.35. The largest absolute Gasteiger partial charge is 0.346 e. The van der Waals surface area contributed by atoms with E-state index in [1.807, 2.05) is 6.07 Å². The molecule has 1 aromatic carbocycles. The van der Waals surface area contributed by atoms with Gasteiger partial charge in [-0.05, 0) is 44.0 Å². The predicted octanol–water partition coefficient (Wildman–Crippen LogP) is 1.73. The molecule has 1 atom stereocenters. The van der Waals surface area contributed by atoms with Crippen LogP contribution in [0, 0.1) is 17.2 Å². The first-order chi connectivity index (χ1) is 11.5. The number of hydrogen-bond acceptors (Lipinski definition) is 4. The molecule has 6 nitrogen and oxygen atoms in total. The van der Waals surface area contributed by atoms with Crippen LogP contribution in [0.3, 0.4) is 0 Å². The van der Waals surface area contributed by atoms with Crippen molar-refractivity contribution in [3.63, 3.8) is 0 Å². The number of nitrogens with zero attached hydrogens (tertiary/aromatic N) is 2. The maximum atomic E-state index is 12.1. The standard InChI is InChI=1S/C18H24N4O2/c1-13(2)16(22-9-5-6-10-22)12-20-17(23)18(24)21-15-8-4-3-7-14(15)11-19/h3-4,7-8,13,16H,5-6,9-10,12H2,1-2H3,(H,20,23)(H,21,24). The second-order valence-corrected chi connectivity index (χ2v) is 6.38. The Hall–Kier alpha value is -2.39. The lowest BCUT2D eigenvalue weighted by Crippen LogP contribution is -2.47. The molecule has 1 heterocycles. The Morgan fingerprint density at radius 1 is 1.21 bits per heavy atom. The molecule has 1 aromatic rings. The minimum Gasteiger partial charge on any atom is -0.346 e. The summed E-state index contributed by atoms with van der Waals surface area (Å²) in [6.07, 6.45) is 2.37. The smallest absolute Gasteiger partial charge is 0.313 e. The molecule has 0 saturated carbocycles. The second-order valence-electron chi connectivity index (χ2n) is 6.38. The van der Waals surface area contributed by atoms with Gasteiger partial charge in [-0.2, -0.15) is 5.26 Å². The zero-order valence-electron chi connectivity index (χ0n) is 14.2. The molecule has 0 bridgehead atoms. The lowest BCUT2D eigenvalue weighted by atomic mass is 10.0. The molecular formula is C18H24N4O2. The maximum absolute atomic E-state index is 12.1. The molecule has 2 amide bonds. The lowest BCUT2D eigenvalue weighted by molar-refractivity contribution is -0.136. The van der Waals surface area contributed by atoms with Crippen molar-refractivity contribution in [2.45, 2.75) is 32.7 Å². The molecule has 1 fully saturated rings.